The third kappa shape index (κ3) is 5.01. The molecular formula is C17H18N2O3. The molecule has 2 rings (SSSR count). The number of hydrogen-bond acceptors (Lipinski definition) is 4. The highest BCUT2D eigenvalue weighted by molar-refractivity contribution is 6.12. The van der Waals surface area contributed by atoms with Gasteiger partial charge in [-0.2, -0.15) is 0 Å². The molecule has 0 unspecified atom stereocenters. The second-order valence-corrected chi connectivity index (χ2v) is 4.73. The molecule has 1 heterocycles. The molecule has 5 nitrogen and oxygen atoms in total. The number of rotatable bonds is 8. The molecule has 0 bridgehead atoms. The largest absolute Gasteiger partial charge is 0.481 e. The molecule has 2 aromatic rings. The first kappa shape index (κ1) is 15.7. The van der Waals surface area contributed by atoms with Crippen molar-refractivity contribution in [2.24, 2.45) is 5.16 Å². The van der Waals surface area contributed by atoms with Gasteiger partial charge in [-0.25, -0.2) is 0 Å². The van der Waals surface area contributed by atoms with Gasteiger partial charge < -0.3 is 9.94 Å². The van der Waals surface area contributed by atoms with Gasteiger partial charge in [0.2, 0.25) is 0 Å². The average Bonchev–Trinajstić information content (AvgIpc) is 2.55. The van der Waals surface area contributed by atoms with E-state index in [4.69, 9.17) is 9.94 Å². The Morgan fingerprint density at radius 3 is 2.55 bits per heavy atom. The maximum Gasteiger partial charge on any atom is 0.303 e. The van der Waals surface area contributed by atoms with Gasteiger partial charge in [-0.15, -0.1) is 0 Å². The number of pyridine rings is 1. The summed E-state index contributed by atoms with van der Waals surface area (Å²) in [5.74, 6) is -0.788. The molecule has 0 saturated carbocycles. The summed E-state index contributed by atoms with van der Waals surface area (Å²) in [7, 11) is 0. The average molecular weight is 298 g/mol. The fourth-order valence-electron chi connectivity index (χ4n) is 1.92. The van der Waals surface area contributed by atoms with Crippen LogP contribution in [0.3, 0.4) is 0 Å². The van der Waals surface area contributed by atoms with E-state index >= 15 is 0 Å². The summed E-state index contributed by atoms with van der Waals surface area (Å²) in [4.78, 5) is 19.9. The minimum atomic E-state index is -0.788. The second-order valence-electron chi connectivity index (χ2n) is 4.73. The van der Waals surface area contributed by atoms with E-state index in [1.807, 2.05) is 42.5 Å². The molecule has 1 aromatic heterocycles. The third-order valence-corrected chi connectivity index (χ3v) is 3.01. The molecule has 0 aliphatic carbocycles. The molecule has 0 aliphatic heterocycles. The number of aromatic nitrogens is 1. The highest BCUT2D eigenvalue weighted by atomic mass is 16.6. The van der Waals surface area contributed by atoms with E-state index in [0.29, 0.717) is 25.2 Å². The first-order valence-electron chi connectivity index (χ1n) is 7.15. The number of benzene rings is 1. The lowest BCUT2D eigenvalue weighted by molar-refractivity contribution is -0.137. The summed E-state index contributed by atoms with van der Waals surface area (Å²) >= 11 is 0. The Bertz CT molecular complexity index is 571. The van der Waals surface area contributed by atoms with Gasteiger partial charge in [0.1, 0.15) is 12.3 Å². The number of hydrogen-bond donors (Lipinski definition) is 1. The van der Waals surface area contributed by atoms with Gasteiger partial charge in [0, 0.05) is 29.9 Å². The van der Waals surface area contributed by atoms with Crippen molar-refractivity contribution in [3.8, 4) is 0 Å². The van der Waals surface area contributed by atoms with Crippen molar-refractivity contribution in [1.29, 1.82) is 0 Å². The summed E-state index contributed by atoms with van der Waals surface area (Å²) in [5, 5.41) is 12.8. The zero-order valence-electron chi connectivity index (χ0n) is 12.2. The zero-order chi connectivity index (χ0) is 15.6. The smallest absolute Gasteiger partial charge is 0.303 e. The topological polar surface area (TPSA) is 71.8 Å². The molecule has 5 heteroatoms. The molecule has 22 heavy (non-hydrogen) atoms. The van der Waals surface area contributed by atoms with Crippen LogP contribution in [0.4, 0.5) is 0 Å². The minimum absolute atomic E-state index is 0.154. The summed E-state index contributed by atoms with van der Waals surface area (Å²) in [6.45, 7) is 0.393. The number of oxime groups is 1. The summed E-state index contributed by atoms with van der Waals surface area (Å²) in [6.07, 6.45) is 4.84. The summed E-state index contributed by atoms with van der Waals surface area (Å²) < 4.78 is 0. The molecule has 0 spiro atoms. The maximum atomic E-state index is 10.4. The molecule has 0 aliphatic rings. The van der Waals surface area contributed by atoms with Crippen LogP contribution in [0.1, 0.15) is 30.4 Å². The number of nitrogens with zero attached hydrogens (tertiary/aromatic N) is 2. The van der Waals surface area contributed by atoms with Crippen LogP contribution >= 0.6 is 0 Å². The van der Waals surface area contributed by atoms with Crippen LogP contribution in [-0.4, -0.2) is 28.4 Å². The highest BCUT2D eigenvalue weighted by Crippen LogP contribution is 2.10. The molecule has 0 fully saturated rings. The van der Waals surface area contributed by atoms with Crippen molar-refractivity contribution >= 4 is 11.7 Å². The van der Waals surface area contributed by atoms with Gasteiger partial charge in [0.25, 0.3) is 0 Å². The predicted molar refractivity (Wildman–Crippen MR) is 83.8 cm³/mol. The third-order valence-electron chi connectivity index (χ3n) is 3.01. The Morgan fingerprint density at radius 1 is 1.09 bits per heavy atom. The SMILES string of the molecule is O=C(O)CCCCO/N=C(/c1ccccc1)c1cccnc1. The standard InChI is InChI=1S/C17H18N2O3/c20-16(21)10-4-5-12-22-19-17(14-7-2-1-3-8-14)15-9-6-11-18-13-15/h1-3,6-9,11,13H,4-5,10,12H2,(H,20,21)/b19-17-. The van der Waals surface area contributed by atoms with Crippen molar-refractivity contribution in [1.82, 2.24) is 4.98 Å². The van der Waals surface area contributed by atoms with Gasteiger partial charge >= 0.3 is 5.97 Å². The van der Waals surface area contributed by atoms with Crippen molar-refractivity contribution in [3.63, 3.8) is 0 Å². The van der Waals surface area contributed by atoms with Crippen LogP contribution in [0.5, 0.6) is 0 Å². The van der Waals surface area contributed by atoms with Crippen LogP contribution in [0.25, 0.3) is 0 Å². The van der Waals surface area contributed by atoms with Crippen LogP contribution in [0.2, 0.25) is 0 Å². The van der Waals surface area contributed by atoms with Crippen LogP contribution < -0.4 is 0 Å². The van der Waals surface area contributed by atoms with E-state index in [9.17, 15) is 4.79 Å². The van der Waals surface area contributed by atoms with Crippen molar-refractivity contribution < 1.29 is 14.7 Å². The molecular weight excluding hydrogens is 280 g/mol. The molecule has 0 radical (unpaired) electrons. The van der Waals surface area contributed by atoms with Gasteiger partial charge in [-0.3, -0.25) is 9.78 Å². The second kappa shape index (κ2) is 8.56. The van der Waals surface area contributed by atoms with E-state index in [0.717, 1.165) is 11.1 Å². The Morgan fingerprint density at radius 2 is 1.86 bits per heavy atom. The number of carboxylic acids is 1. The highest BCUT2D eigenvalue weighted by Gasteiger charge is 2.07. The Kier molecular flexibility index (Phi) is 6.11. The Labute approximate surface area is 129 Å². The van der Waals surface area contributed by atoms with E-state index in [-0.39, 0.29) is 6.42 Å². The number of unbranched alkanes of at least 4 members (excludes halogenated alkanes) is 1. The van der Waals surface area contributed by atoms with Crippen LogP contribution in [0.15, 0.2) is 60.0 Å². The maximum absolute atomic E-state index is 10.4. The summed E-state index contributed by atoms with van der Waals surface area (Å²) in [6, 6.07) is 13.5. The fourth-order valence-corrected chi connectivity index (χ4v) is 1.92. The normalized spacial score (nSPS) is 11.2. The van der Waals surface area contributed by atoms with Gasteiger partial charge in [0.05, 0.1) is 0 Å². The van der Waals surface area contributed by atoms with Gasteiger partial charge in [-0.05, 0) is 25.0 Å². The van der Waals surface area contributed by atoms with Crippen LogP contribution in [0, 0.1) is 0 Å². The number of aliphatic carboxylic acids is 1. The lowest BCUT2D eigenvalue weighted by Gasteiger charge is -2.07. The molecule has 0 saturated heterocycles. The zero-order valence-corrected chi connectivity index (χ0v) is 12.2. The lowest BCUT2D eigenvalue weighted by atomic mass is 10.0. The minimum Gasteiger partial charge on any atom is -0.481 e. The van der Waals surface area contributed by atoms with Gasteiger partial charge in [0.15, 0.2) is 0 Å². The van der Waals surface area contributed by atoms with Gasteiger partial charge in [-0.1, -0.05) is 35.5 Å². The van der Waals surface area contributed by atoms with Crippen molar-refractivity contribution in [2.45, 2.75) is 19.3 Å². The number of carbonyl (C=O) groups is 1. The van der Waals surface area contributed by atoms with E-state index in [1.165, 1.54) is 0 Å². The first-order valence-corrected chi connectivity index (χ1v) is 7.15. The first-order chi connectivity index (χ1) is 10.8. The summed E-state index contributed by atoms with van der Waals surface area (Å²) in [5.41, 5.74) is 2.53. The predicted octanol–water partition coefficient (Wildman–Crippen LogP) is 3.11. The Hall–Kier alpha value is -2.69. The number of carboxylic acid groups (broad SMARTS) is 1. The van der Waals surface area contributed by atoms with E-state index in [2.05, 4.69) is 10.1 Å². The quantitative estimate of drug-likeness (QED) is 0.462. The van der Waals surface area contributed by atoms with Crippen molar-refractivity contribution in [2.75, 3.05) is 6.61 Å². The fraction of sp³-hybridized carbons (Fsp3) is 0.235. The van der Waals surface area contributed by atoms with Crippen molar-refractivity contribution in [3.05, 3.63) is 66.0 Å². The molecule has 0 amide bonds. The molecule has 1 N–H and O–H groups in total. The molecule has 1 aromatic carbocycles. The monoisotopic (exact) mass is 298 g/mol. The van der Waals surface area contributed by atoms with E-state index in [1.54, 1.807) is 12.4 Å². The lowest BCUT2D eigenvalue weighted by Crippen LogP contribution is -2.05. The van der Waals surface area contributed by atoms with E-state index < -0.39 is 5.97 Å². The van der Waals surface area contributed by atoms with Crippen LogP contribution in [-0.2, 0) is 9.63 Å². The Balaban J connectivity index is 2.02. The molecule has 114 valence electrons. The molecule has 0 atom stereocenters.